The number of aromatic nitrogens is 1. The highest BCUT2D eigenvalue weighted by Crippen LogP contribution is 2.43. The second-order valence-electron chi connectivity index (χ2n) is 6.26. The average molecular weight is 351 g/mol. The van der Waals surface area contributed by atoms with Gasteiger partial charge in [-0.1, -0.05) is 72.8 Å². The topological polar surface area (TPSA) is 4.93 Å². The number of thiophene rings is 1. The number of hydrogen-bond donors (Lipinski definition) is 0. The summed E-state index contributed by atoms with van der Waals surface area (Å²) < 4.78 is 2.39. The van der Waals surface area contributed by atoms with E-state index >= 15 is 0 Å². The summed E-state index contributed by atoms with van der Waals surface area (Å²) in [6, 6.07) is 34.4. The summed E-state index contributed by atoms with van der Waals surface area (Å²) >= 11 is 1.79. The van der Waals surface area contributed by atoms with Gasteiger partial charge < -0.3 is 4.57 Å². The lowest BCUT2D eigenvalue weighted by Gasteiger charge is -2.12. The van der Waals surface area contributed by atoms with Gasteiger partial charge in [-0.15, -0.1) is 11.3 Å². The van der Waals surface area contributed by atoms with Gasteiger partial charge in [-0.25, -0.2) is 0 Å². The van der Waals surface area contributed by atoms with Crippen molar-refractivity contribution in [1.29, 1.82) is 0 Å². The fraction of sp³-hybridized carbons (Fsp3) is 0. The molecule has 3 aromatic carbocycles. The van der Waals surface area contributed by atoms with Crippen LogP contribution >= 0.6 is 11.3 Å². The minimum Gasteiger partial charge on any atom is -0.309 e. The van der Waals surface area contributed by atoms with Crippen LogP contribution in [0, 0.1) is 0 Å². The van der Waals surface area contributed by atoms with Gasteiger partial charge >= 0.3 is 0 Å². The Morgan fingerprint density at radius 1 is 0.615 bits per heavy atom. The predicted octanol–water partition coefficient (Wildman–Crippen LogP) is 7.03. The zero-order valence-electron chi connectivity index (χ0n) is 14.2. The van der Waals surface area contributed by atoms with E-state index in [9.17, 15) is 0 Å². The van der Waals surface area contributed by atoms with E-state index in [0.717, 1.165) is 0 Å². The van der Waals surface area contributed by atoms with Crippen LogP contribution in [0.1, 0.15) is 0 Å². The number of nitrogens with zero attached hydrogens (tertiary/aromatic N) is 1. The van der Waals surface area contributed by atoms with Gasteiger partial charge in [0.05, 0.1) is 11.2 Å². The number of fused-ring (bicyclic) bond motifs is 1. The molecule has 0 N–H and O–H groups in total. The first-order chi connectivity index (χ1) is 12.9. The molecule has 0 aliphatic carbocycles. The number of para-hydroxylation sites is 2. The average Bonchev–Trinajstić information content (AvgIpc) is 3.35. The van der Waals surface area contributed by atoms with Crippen LogP contribution in [0.25, 0.3) is 38.3 Å². The second kappa shape index (κ2) is 6.32. The van der Waals surface area contributed by atoms with Crippen molar-refractivity contribution in [1.82, 2.24) is 4.57 Å². The molecule has 0 spiro atoms. The summed E-state index contributed by atoms with van der Waals surface area (Å²) in [7, 11) is 0. The molecule has 26 heavy (non-hydrogen) atoms. The molecule has 124 valence electrons. The van der Waals surface area contributed by atoms with Gasteiger partial charge in [0.25, 0.3) is 0 Å². The summed E-state index contributed by atoms with van der Waals surface area (Å²) in [5, 5.41) is 3.44. The molecule has 2 heterocycles. The first-order valence-electron chi connectivity index (χ1n) is 8.71. The number of benzene rings is 3. The van der Waals surface area contributed by atoms with E-state index in [1.807, 2.05) is 0 Å². The van der Waals surface area contributed by atoms with Gasteiger partial charge in [0, 0.05) is 21.5 Å². The molecule has 0 aliphatic heterocycles. The predicted molar refractivity (Wildman–Crippen MR) is 112 cm³/mol. The lowest BCUT2D eigenvalue weighted by atomic mass is 10.0. The molecule has 0 atom stereocenters. The van der Waals surface area contributed by atoms with Crippen LogP contribution in [0.15, 0.2) is 102 Å². The molecule has 0 saturated heterocycles. The Morgan fingerprint density at radius 3 is 2.04 bits per heavy atom. The highest BCUT2D eigenvalue weighted by atomic mass is 32.1. The fourth-order valence-corrected chi connectivity index (χ4v) is 4.41. The van der Waals surface area contributed by atoms with Gasteiger partial charge in [0.15, 0.2) is 0 Å². The third kappa shape index (κ3) is 2.39. The van der Waals surface area contributed by atoms with Crippen molar-refractivity contribution in [2.75, 3.05) is 0 Å². The van der Waals surface area contributed by atoms with E-state index in [2.05, 4.69) is 107 Å². The standard InChI is InChI=1S/C24H17NS/c1-3-10-18(11-4-1)24-23(22-16-9-17-26-22)20-14-7-8-15-21(20)25(24)19-12-5-2-6-13-19/h1-17H. The lowest BCUT2D eigenvalue weighted by Crippen LogP contribution is -1.96. The van der Waals surface area contributed by atoms with Gasteiger partial charge in [-0.2, -0.15) is 0 Å². The maximum Gasteiger partial charge on any atom is 0.0627 e. The Kier molecular flexibility index (Phi) is 3.69. The van der Waals surface area contributed by atoms with Crippen molar-refractivity contribution in [2.45, 2.75) is 0 Å². The first kappa shape index (κ1) is 15.2. The number of rotatable bonds is 3. The Bertz CT molecular complexity index is 1150. The highest BCUT2D eigenvalue weighted by Gasteiger charge is 2.21. The molecule has 0 unspecified atom stereocenters. The minimum atomic E-state index is 1.19. The van der Waals surface area contributed by atoms with E-state index in [-0.39, 0.29) is 0 Å². The number of hydrogen-bond acceptors (Lipinski definition) is 1. The molecule has 0 radical (unpaired) electrons. The molecular formula is C24H17NS. The lowest BCUT2D eigenvalue weighted by molar-refractivity contribution is 1.14. The molecule has 1 nitrogen and oxygen atoms in total. The molecule has 5 rings (SSSR count). The van der Waals surface area contributed by atoms with Crippen LogP contribution in [0.4, 0.5) is 0 Å². The van der Waals surface area contributed by atoms with Crippen LogP contribution in [-0.4, -0.2) is 4.57 Å². The van der Waals surface area contributed by atoms with Crippen LogP contribution < -0.4 is 0 Å². The maximum absolute atomic E-state index is 2.39. The van der Waals surface area contributed by atoms with Crippen molar-refractivity contribution < 1.29 is 0 Å². The molecule has 0 bridgehead atoms. The summed E-state index contributed by atoms with van der Waals surface area (Å²) in [4.78, 5) is 1.30. The Hall–Kier alpha value is -3.10. The molecule has 0 fully saturated rings. The van der Waals surface area contributed by atoms with Gasteiger partial charge in [0.2, 0.25) is 0 Å². The van der Waals surface area contributed by atoms with Crippen LogP contribution in [0.5, 0.6) is 0 Å². The molecule has 0 amide bonds. The van der Waals surface area contributed by atoms with Crippen molar-refractivity contribution in [3.63, 3.8) is 0 Å². The van der Waals surface area contributed by atoms with Crippen molar-refractivity contribution in [3.05, 3.63) is 102 Å². The molecule has 0 aliphatic rings. The monoisotopic (exact) mass is 351 g/mol. The zero-order valence-corrected chi connectivity index (χ0v) is 15.0. The SMILES string of the molecule is c1ccc(-c2c(-c3cccs3)c3ccccc3n2-c2ccccc2)cc1. The first-order valence-corrected chi connectivity index (χ1v) is 9.59. The summed E-state index contributed by atoms with van der Waals surface area (Å²) in [5.74, 6) is 0. The second-order valence-corrected chi connectivity index (χ2v) is 7.20. The van der Waals surface area contributed by atoms with Crippen molar-refractivity contribution >= 4 is 22.2 Å². The summed E-state index contributed by atoms with van der Waals surface area (Å²) in [6.45, 7) is 0. The van der Waals surface area contributed by atoms with E-state index in [1.165, 1.54) is 38.3 Å². The third-order valence-corrected chi connectivity index (χ3v) is 5.59. The molecule has 5 aromatic rings. The molecular weight excluding hydrogens is 334 g/mol. The van der Waals surface area contributed by atoms with E-state index < -0.39 is 0 Å². The smallest absolute Gasteiger partial charge is 0.0627 e. The van der Waals surface area contributed by atoms with Crippen LogP contribution in [0.3, 0.4) is 0 Å². The Balaban J connectivity index is 1.97. The Morgan fingerprint density at radius 2 is 1.31 bits per heavy atom. The van der Waals surface area contributed by atoms with Gasteiger partial charge in [0.1, 0.15) is 0 Å². The Labute approximate surface area is 156 Å². The van der Waals surface area contributed by atoms with Crippen molar-refractivity contribution in [3.8, 4) is 27.4 Å². The maximum atomic E-state index is 2.39. The zero-order chi connectivity index (χ0) is 17.3. The van der Waals surface area contributed by atoms with Gasteiger partial charge in [-0.3, -0.25) is 0 Å². The summed E-state index contributed by atoms with van der Waals surface area (Å²) in [6.07, 6.45) is 0. The van der Waals surface area contributed by atoms with Crippen molar-refractivity contribution in [2.24, 2.45) is 0 Å². The largest absolute Gasteiger partial charge is 0.309 e. The quantitative estimate of drug-likeness (QED) is 0.329. The van der Waals surface area contributed by atoms with Crippen LogP contribution in [-0.2, 0) is 0 Å². The summed E-state index contributed by atoms with van der Waals surface area (Å²) in [5.41, 5.74) is 6.22. The molecule has 2 heteroatoms. The van der Waals surface area contributed by atoms with E-state index in [4.69, 9.17) is 0 Å². The highest BCUT2D eigenvalue weighted by molar-refractivity contribution is 7.13. The normalized spacial score (nSPS) is 11.1. The van der Waals surface area contributed by atoms with Crippen LogP contribution in [0.2, 0.25) is 0 Å². The molecule has 0 saturated carbocycles. The van der Waals surface area contributed by atoms with Gasteiger partial charge in [-0.05, 0) is 35.2 Å². The molecule has 2 aromatic heterocycles. The van der Waals surface area contributed by atoms with E-state index in [1.54, 1.807) is 11.3 Å². The fourth-order valence-electron chi connectivity index (χ4n) is 3.62. The third-order valence-electron chi connectivity index (χ3n) is 4.70. The van der Waals surface area contributed by atoms with E-state index in [0.29, 0.717) is 0 Å². The minimum absolute atomic E-state index is 1.19.